The molecule has 8 heteroatoms. The first-order chi connectivity index (χ1) is 8.28. The predicted octanol–water partition coefficient (Wildman–Crippen LogP) is 0.282. The zero-order chi connectivity index (χ0) is 13.8. The van der Waals surface area contributed by atoms with Crippen molar-refractivity contribution in [2.24, 2.45) is 0 Å². The topological polar surface area (TPSA) is 104 Å². The Kier molecular flexibility index (Phi) is 7.10. The third-order valence-electron chi connectivity index (χ3n) is 1.97. The fourth-order valence-corrected chi connectivity index (χ4v) is 1.27. The monoisotopic (exact) mass is 279 g/mol. The summed E-state index contributed by atoms with van der Waals surface area (Å²) in [6, 6.07) is -1.06. The van der Waals surface area contributed by atoms with Crippen LogP contribution in [0.1, 0.15) is 26.5 Å². The Bertz CT molecular complexity index is 414. The van der Waals surface area contributed by atoms with Gasteiger partial charge in [-0.15, -0.1) is 0 Å². The number of hydrogen-bond acceptors (Lipinski definition) is 4. The number of carboxylic acids is 1. The van der Waals surface area contributed by atoms with Crippen LogP contribution in [-0.4, -0.2) is 68.3 Å². The first kappa shape index (κ1) is 17.9. The van der Waals surface area contributed by atoms with Crippen molar-refractivity contribution in [3.63, 3.8) is 0 Å². The molecule has 1 aromatic rings. The van der Waals surface area contributed by atoms with Gasteiger partial charge in [0.1, 0.15) is 11.6 Å². The molecule has 0 spiro atoms. The number of carbonyl (C=O) groups is 2. The molecule has 1 heterocycles. The van der Waals surface area contributed by atoms with E-state index in [4.69, 9.17) is 9.84 Å². The van der Waals surface area contributed by atoms with Crippen molar-refractivity contribution in [3.8, 4) is 0 Å². The molecule has 0 saturated carbocycles. The molecular weight excluding hydrogens is 261 g/mol. The Balaban J connectivity index is 0.00000324. The van der Waals surface area contributed by atoms with Gasteiger partial charge in [0.15, 0.2) is 0 Å². The summed E-state index contributed by atoms with van der Waals surface area (Å²) in [7, 11) is 0. The van der Waals surface area contributed by atoms with E-state index in [1.54, 1.807) is 20.8 Å². The fraction of sp³-hybridized carbons (Fsp3) is 0.545. The molecule has 0 aromatic carbocycles. The Morgan fingerprint density at radius 2 is 2.16 bits per heavy atom. The van der Waals surface area contributed by atoms with Crippen molar-refractivity contribution < 1.29 is 19.4 Å². The molecule has 1 amide bonds. The first-order valence-electron chi connectivity index (χ1n) is 5.47. The van der Waals surface area contributed by atoms with E-state index >= 15 is 0 Å². The van der Waals surface area contributed by atoms with Gasteiger partial charge in [-0.2, -0.15) is 0 Å². The molecule has 0 bridgehead atoms. The van der Waals surface area contributed by atoms with Gasteiger partial charge in [0.05, 0.1) is 6.33 Å². The zero-order valence-corrected chi connectivity index (χ0v) is 10.6. The van der Waals surface area contributed by atoms with Gasteiger partial charge in [-0.05, 0) is 20.8 Å². The van der Waals surface area contributed by atoms with E-state index < -0.39 is 23.7 Å². The van der Waals surface area contributed by atoms with Crippen molar-refractivity contribution in [2.45, 2.75) is 38.8 Å². The van der Waals surface area contributed by atoms with E-state index in [0.29, 0.717) is 5.69 Å². The number of ether oxygens (including phenoxy) is 1. The number of hydrogen-bond donors (Lipinski definition) is 3. The van der Waals surface area contributed by atoms with Gasteiger partial charge >= 0.3 is 41.6 Å². The number of alkyl carbamates (subject to hydrolysis) is 1. The molecule has 0 radical (unpaired) electrons. The van der Waals surface area contributed by atoms with Gasteiger partial charge in [0.2, 0.25) is 0 Å². The Labute approximate surface area is 133 Å². The van der Waals surface area contributed by atoms with E-state index in [0.717, 1.165) is 0 Å². The molecular formula is C11H18N3NaO4. The minimum atomic E-state index is -1.13. The number of amides is 1. The molecule has 0 unspecified atom stereocenters. The summed E-state index contributed by atoms with van der Waals surface area (Å²) >= 11 is 0. The van der Waals surface area contributed by atoms with Crippen LogP contribution in [0.4, 0.5) is 4.79 Å². The van der Waals surface area contributed by atoms with Crippen LogP contribution in [0.3, 0.4) is 0 Å². The quantitative estimate of drug-likeness (QED) is 0.687. The summed E-state index contributed by atoms with van der Waals surface area (Å²) in [4.78, 5) is 29.1. The molecule has 0 aliphatic rings. The number of aliphatic carboxylic acids is 1. The number of nitrogens with one attached hydrogen (secondary N) is 2. The molecule has 7 nitrogen and oxygen atoms in total. The third kappa shape index (κ3) is 7.19. The Morgan fingerprint density at radius 3 is 2.58 bits per heavy atom. The standard InChI is InChI=1S/C11H17N3O4.Na.H/c1-11(2,3)18-10(17)14-8(9(15)16)4-7-5-12-6-13-7;;/h5-6,8H,4H2,1-3H3,(H,12,13)(H,14,17)(H,15,16);;/t8-;;/m0../s1. The van der Waals surface area contributed by atoms with E-state index in [9.17, 15) is 9.59 Å². The number of aromatic nitrogens is 2. The van der Waals surface area contributed by atoms with Crippen molar-refractivity contribution in [1.29, 1.82) is 0 Å². The molecule has 102 valence electrons. The molecule has 1 rings (SSSR count). The van der Waals surface area contributed by atoms with Crippen LogP contribution in [0.2, 0.25) is 0 Å². The first-order valence-corrected chi connectivity index (χ1v) is 5.47. The second-order valence-corrected chi connectivity index (χ2v) is 4.82. The van der Waals surface area contributed by atoms with Gasteiger partial charge in [-0.3, -0.25) is 0 Å². The summed E-state index contributed by atoms with van der Waals surface area (Å²) in [6.45, 7) is 5.12. The molecule has 3 N–H and O–H groups in total. The minimum absolute atomic E-state index is 0. The predicted molar refractivity (Wildman–Crippen MR) is 70.2 cm³/mol. The van der Waals surface area contributed by atoms with Crippen LogP contribution in [0.25, 0.3) is 0 Å². The number of aromatic amines is 1. The van der Waals surface area contributed by atoms with Crippen molar-refractivity contribution in [3.05, 3.63) is 18.2 Å². The molecule has 0 saturated heterocycles. The number of carbonyl (C=O) groups excluding carboxylic acids is 1. The van der Waals surface area contributed by atoms with Gasteiger partial charge in [0, 0.05) is 18.3 Å². The Hall–Kier alpha value is -1.05. The zero-order valence-electron chi connectivity index (χ0n) is 10.6. The molecule has 0 aliphatic heterocycles. The Morgan fingerprint density at radius 1 is 1.53 bits per heavy atom. The molecule has 1 aromatic heterocycles. The van der Waals surface area contributed by atoms with Crippen molar-refractivity contribution >= 4 is 41.6 Å². The average molecular weight is 279 g/mol. The van der Waals surface area contributed by atoms with E-state index in [1.807, 2.05) is 0 Å². The number of rotatable bonds is 4. The summed E-state index contributed by atoms with van der Waals surface area (Å²) < 4.78 is 5.00. The summed E-state index contributed by atoms with van der Waals surface area (Å²) in [5.41, 5.74) is -0.0420. The van der Waals surface area contributed by atoms with Crippen LogP contribution < -0.4 is 5.32 Å². The number of nitrogens with zero attached hydrogens (tertiary/aromatic N) is 1. The summed E-state index contributed by atoms with van der Waals surface area (Å²) in [6.07, 6.45) is 2.32. The van der Waals surface area contributed by atoms with Crippen molar-refractivity contribution in [2.75, 3.05) is 0 Å². The third-order valence-corrected chi connectivity index (χ3v) is 1.97. The van der Waals surface area contributed by atoms with E-state index in [-0.39, 0.29) is 36.0 Å². The fourth-order valence-electron chi connectivity index (χ4n) is 1.27. The maximum atomic E-state index is 11.5. The number of H-pyrrole nitrogens is 1. The van der Waals surface area contributed by atoms with E-state index in [2.05, 4.69) is 15.3 Å². The normalized spacial score (nSPS) is 12.2. The van der Waals surface area contributed by atoms with Crippen molar-refractivity contribution in [1.82, 2.24) is 15.3 Å². The van der Waals surface area contributed by atoms with Crippen LogP contribution >= 0.6 is 0 Å². The van der Waals surface area contributed by atoms with Gasteiger partial charge < -0.3 is 20.1 Å². The van der Waals surface area contributed by atoms with Crippen LogP contribution in [0, 0.1) is 0 Å². The second kappa shape index (κ2) is 7.52. The maximum absolute atomic E-state index is 11.5. The second-order valence-electron chi connectivity index (χ2n) is 4.82. The average Bonchev–Trinajstić information content (AvgIpc) is 2.66. The molecule has 0 fully saturated rings. The van der Waals surface area contributed by atoms with Crippen LogP contribution in [0.15, 0.2) is 12.5 Å². The van der Waals surface area contributed by atoms with Gasteiger partial charge in [0.25, 0.3) is 0 Å². The summed E-state index contributed by atoms with van der Waals surface area (Å²) in [5.74, 6) is -1.13. The van der Waals surface area contributed by atoms with Gasteiger partial charge in [-0.1, -0.05) is 0 Å². The summed E-state index contributed by atoms with van der Waals surface area (Å²) in [5, 5.41) is 11.3. The van der Waals surface area contributed by atoms with Crippen LogP contribution in [-0.2, 0) is 16.0 Å². The van der Waals surface area contributed by atoms with E-state index in [1.165, 1.54) is 12.5 Å². The molecule has 19 heavy (non-hydrogen) atoms. The van der Waals surface area contributed by atoms with Gasteiger partial charge in [-0.25, -0.2) is 14.6 Å². The molecule has 1 atom stereocenters. The SMILES string of the molecule is CC(C)(C)OC(=O)N[C@@H](Cc1cnc[nH]1)C(=O)O.[NaH]. The number of imidazole rings is 1. The van der Waals surface area contributed by atoms with Crippen LogP contribution in [0.5, 0.6) is 0 Å². The molecule has 0 aliphatic carbocycles. The number of carboxylic acid groups (broad SMARTS) is 1.